The molecule has 1 aliphatic heterocycles. The van der Waals surface area contributed by atoms with Crippen LogP contribution < -0.4 is 52.5 Å². The Hall–Kier alpha value is -2.98. The molecule has 5 rings (SSSR count). The van der Waals surface area contributed by atoms with Gasteiger partial charge in [0.1, 0.15) is 26.7 Å². The van der Waals surface area contributed by atoms with Crippen LogP contribution in [0.2, 0.25) is 6.32 Å². The third-order valence-corrected chi connectivity index (χ3v) is 7.64. The number of anilines is 4. The number of hydrogen-bond acceptors (Lipinski definition) is 21. The topological polar surface area (TPSA) is 328 Å². The van der Waals surface area contributed by atoms with Crippen molar-refractivity contribution in [2.24, 2.45) is 4.30 Å². The van der Waals surface area contributed by atoms with E-state index in [4.69, 9.17) is 53.0 Å². The van der Waals surface area contributed by atoms with Crippen molar-refractivity contribution >= 4 is 91.1 Å². The number of nitrogens with two attached hydrogens (primary N) is 4. The van der Waals surface area contributed by atoms with Gasteiger partial charge in [-0.1, -0.05) is 17.2 Å². The standard InChI is InChI=1S/C9H17BO2.C7H9N3.C6H8BrN3O.C6H9N3O.C4H4BrN3.BHNS.B.Na.H2O3.H/c1-6-7-10-11-8(2,3)9(4,5)12-10;1-2-3-6-4-10-7(8)5-9-6;7-5-6(8)9-3-4(10-5)1-2-11;7-6-4-8-5(1-2-10)3-9-6;5-3-1-8-4(6)2-7-3;1-2-3;;;1-3-2;/h6H,1,7H2,2-5H3;2,4-5H,1,3H2,(H2,8,10);3,11H,1-2H2,(H2,8,9);3-4,10H,1-2H2,(H2,7,9);1-2H,(H2,6,8);3H;;;1-2H;/q;;;;;;;+1;;-1. The van der Waals surface area contributed by atoms with Crippen LogP contribution in [-0.2, 0) is 33.6 Å². The Kier molecular flexibility index (Phi) is 39.1. The Morgan fingerprint density at radius 2 is 1.19 bits per heavy atom. The minimum Gasteiger partial charge on any atom is -1.00 e. The summed E-state index contributed by atoms with van der Waals surface area (Å²) in [5.74, 6) is 1.66. The fraction of sp³-hybridized carbons (Fsp3) is 0.375. The van der Waals surface area contributed by atoms with Gasteiger partial charge in [0.2, 0.25) is 0 Å². The number of aliphatic hydroxyl groups is 2. The second-order valence-corrected chi connectivity index (χ2v) is 13.3. The quantitative estimate of drug-likeness (QED) is 0.0386. The summed E-state index contributed by atoms with van der Waals surface area (Å²) in [5.41, 5.74) is 23.2. The van der Waals surface area contributed by atoms with E-state index in [1.165, 1.54) is 12.4 Å². The normalized spacial score (nSPS) is 12.1. The molecular formula is C32H51B3Br2N13NaO7S. The summed E-state index contributed by atoms with van der Waals surface area (Å²) in [7, 11) is 4.22. The van der Waals surface area contributed by atoms with Gasteiger partial charge in [0.05, 0.1) is 71.7 Å². The van der Waals surface area contributed by atoms with Crippen molar-refractivity contribution in [3.05, 3.63) is 95.0 Å². The molecule has 0 aromatic carbocycles. The molecule has 0 spiro atoms. The molecule has 1 saturated heterocycles. The number of aliphatic hydroxyl groups excluding tert-OH is 2. The number of aromatic nitrogens is 8. The minimum atomic E-state index is -0.208. The molecule has 316 valence electrons. The third-order valence-electron chi connectivity index (χ3n) is 6.65. The zero-order valence-corrected chi connectivity index (χ0v) is 39.7. The van der Waals surface area contributed by atoms with Crippen LogP contribution in [-0.4, -0.2) is 108 Å². The fourth-order valence-corrected chi connectivity index (χ4v) is 3.93. The predicted octanol–water partition coefficient (Wildman–Crippen LogP) is 0.691. The first-order valence-electron chi connectivity index (χ1n) is 16.3. The van der Waals surface area contributed by atoms with Crippen molar-refractivity contribution in [1.82, 2.24) is 39.9 Å². The second kappa shape index (κ2) is 36.8. The van der Waals surface area contributed by atoms with Crippen LogP contribution in [0.4, 0.5) is 23.3 Å². The van der Waals surface area contributed by atoms with E-state index in [1.54, 1.807) is 37.1 Å². The van der Waals surface area contributed by atoms with Crippen molar-refractivity contribution in [2.45, 2.75) is 64.5 Å². The number of nitrogens with zero attached hydrogens (tertiary/aromatic N) is 9. The molecule has 59 heavy (non-hydrogen) atoms. The molecule has 0 saturated carbocycles. The first-order valence-corrected chi connectivity index (χ1v) is 18.3. The average Bonchev–Trinajstić information content (AvgIpc) is 3.36. The van der Waals surface area contributed by atoms with Crippen LogP contribution in [0.1, 0.15) is 46.2 Å². The number of nitrogen functional groups attached to an aromatic ring is 4. The molecule has 4 aromatic rings. The zero-order valence-electron chi connectivity index (χ0n) is 34.6. The van der Waals surface area contributed by atoms with E-state index in [2.05, 4.69) is 142 Å². The molecule has 12 N–H and O–H groups in total. The fourth-order valence-electron chi connectivity index (χ4n) is 3.39. The van der Waals surface area contributed by atoms with Crippen molar-refractivity contribution in [2.75, 3.05) is 36.1 Å². The van der Waals surface area contributed by atoms with E-state index in [1.807, 2.05) is 6.08 Å². The van der Waals surface area contributed by atoms with Crippen molar-refractivity contribution in [3.63, 3.8) is 0 Å². The first-order chi connectivity index (χ1) is 26.9. The van der Waals surface area contributed by atoms with Gasteiger partial charge < -0.3 is 43.9 Å². The summed E-state index contributed by atoms with van der Waals surface area (Å²) in [6.07, 6.45) is 17.0. The number of hydrogen-bond donors (Lipinski definition) is 9. The Morgan fingerprint density at radius 3 is 1.53 bits per heavy atom. The van der Waals surface area contributed by atoms with Gasteiger partial charge in [0.25, 0.3) is 0 Å². The zero-order chi connectivity index (χ0) is 43.9. The SMILES string of the molecule is C=CCB1OC(C)(C)C(C)(C)O1.C=CCc1cnc(N)cn1.Nc1cnc(Br)cn1.Nc1cnc(CCO)cn1.Nc1ncc(CCO)nc1Br.OOO.[B].[B]=NS.[H-].[Na+]. The third kappa shape index (κ3) is 30.7. The van der Waals surface area contributed by atoms with Gasteiger partial charge in [-0.3, -0.25) is 9.97 Å². The average molecular weight is 977 g/mol. The molecule has 0 atom stereocenters. The van der Waals surface area contributed by atoms with Crippen LogP contribution >= 0.6 is 44.7 Å². The first kappa shape index (κ1) is 62.7. The molecule has 0 bridgehead atoms. The molecule has 0 aliphatic carbocycles. The monoisotopic (exact) mass is 975 g/mol. The van der Waals surface area contributed by atoms with Gasteiger partial charge in [-0.2, -0.15) is 0 Å². The van der Waals surface area contributed by atoms with Crippen LogP contribution in [0.25, 0.3) is 0 Å². The van der Waals surface area contributed by atoms with Crippen LogP contribution in [0.5, 0.6) is 0 Å². The molecule has 1 aliphatic rings. The largest absolute Gasteiger partial charge is 1.00 e. The maximum absolute atomic E-state index is 8.57. The predicted molar refractivity (Wildman–Crippen MR) is 238 cm³/mol. The van der Waals surface area contributed by atoms with Crippen molar-refractivity contribution in [1.29, 1.82) is 0 Å². The van der Waals surface area contributed by atoms with E-state index in [0.29, 0.717) is 45.3 Å². The van der Waals surface area contributed by atoms with Gasteiger partial charge in [-0.05, 0) is 59.6 Å². The summed E-state index contributed by atoms with van der Waals surface area (Å²) in [6, 6.07) is 0. The second-order valence-electron chi connectivity index (χ2n) is 11.5. The van der Waals surface area contributed by atoms with Gasteiger partial charge in [0.15, 0.2) is 5.82 Å². The summed E-state index contributed by atoms with van der Waals surface area (Å²) in [6.45, 7) is 15.6. The van der Waals surface area contributed by atoms with Gasteiger partial charge >= 0.3 is 61.4 Å². The van der Waals surface area contributed by atoms with E-state index in [0.717, 1.165) is 29.8 Å². The molecule has 5 heterocycles. The summed E-state index contributed by atoms with van der Waals surface area (Å²) >= 11 is 9.44. The summed E-state index contributed by atoms with van der Waals surface area (Å²) in [5, 5.41) is 32.6. The van der Waals surface area contributed by atoms with E-state index >= 15 is 0 Å². The smallest absolute Gasteiger partial charge is 1.00 e. The van der Waals surface area contributed by atoms with E-state index in [-0.39, 0.29) is 70.9 Å². The molecule has 0 amide bonds. The van der Waals surface area contributed by atoms with Crippen LogP contribution in [0.3, 0.4) is 0 Å². The Bertz CT molecular complexity index is 1660. The molecule has 0 unspecified atom stereocenters. The number of rotatable bonds is 8. The van der Waals surface area contributed by atoms with Crippen LogP contribution in [0, 0.1) is 0 Å². The van der Waals surface area contributed by atoms with Crippen LogP contribution in [0.15, 0.2) is 82.2 Å². The molecule has 20 nitrogen and oxygen atoms in total. The number of allylic oxidation sites excluding steroid dienone is 2. The number of halogens is 2. The summed E-state index contributed by atoms with van der Waals surface area (Å²) in [4.78, 5) is 31.0. The molecule has 4 radical (unpaired) electrons. The Labute approximate surface area is 394 Å². The number of thiol groups is 1. The van der Waals surface area contributed by atoms with Crippen molar-refractivity contribution in [3.8, 4) is 0 Å². The van der Waals surface area contributed by atoms with Gasteiger partial charge in [0, 0.05) is 47.2 Å². The Balaban J connectivity index is -0.000000201. The Morgan fingerprint density at radius 1 is 0.780 bits per heavy atom. The maximum atomic E-state index is 8.57. The van der Waals surface area contributed by atoms with Gasteiger partial charge in [-0.25, -0.2) is 40.4 Å². The summed E-state index contributed by atoms with van der Waals surface area (Å²) < 4.78 is 15.3. The van der Waals surface area contributed by atoms with E-state index < -0.39 is 0 Å². The molecule has 4 aromatic heterocycles. The minimum absolute atomic E-state index is 0. The molecule has 1 fully saturated rings. The molecule has 27 heteroatoms. The maximum Gasteiger partial charge on any atom is 1.00 e. The van der Waals surface area contributed by atoms with E-state index in [9.17, 15) is 0 Å². The van der Waals surface area contributed by atoms with Crippen molar-refractivity contribution < 1.29 is 66.1 Å². The van der Waals surface area contributed by atoms with Gasteiger partial charge in [-0.15, -0.1) is 13.2 Å². The molecular weight excluding hydrogens is 926 g/mol.